The number of thiazole rings is 2. The van der Waals surface area contributed by atoms with E-state index in [0.29, 0.717) is 67.6 Å². The number of fused-ring (bicyclic) bond motifs is 2. The van der Waals surface area contributed by atoms with Crippen LogP contribution in [-0.4, -0.2) is 117 Å². The van der Waals surface area contributed by atoms with Crippen molar-refractivity contribution in [3.05, 3.63) is 75.5 Å². The lowest BCUT2D eigenvalue weighted by Gasteiger charge is -2.28. The lowest BCUT2D eigenvalue weighted by atomic mass is 10.0. The molecule has 0 aliphatic carbocycles. The van der Waals surface area contributed by atoms with Crippen LogP contribution < -0.4 is 15.0 Å². The Morgan fingerprint density at radius 3 is 2.56 bits per heavy atom. The van der Waals surface area contributed by atoms with E-state index in [4.69, 9.17) is 24.7 Å². The normalized spacial score (nSPS) is 13.6. The SMILES string of the molecule is COC(=O)c1nc(N2CCCc3c2nnc(Nc2nc4ccccc4s2)c3C)sc1CCCOc1ccc(C#CCN(CC[C@H](O)CO)CC[C@H](O)CO)cc1F. The quantitative estimate of drug-likeness (QED) is 0.0463. The minimum absolute atomic E-state index is 0.0761. The molecular weight excluding hydrogens is 774 g/mol. The zero-order chi connectivity index (χ0) is 40.3. The number of anilines is 4. The number of carbonyl (C=O) groups excluding carboxylic acids is 1. The molecule has 3 aromatic heterocycles. The average Bonchev–Trinajstić information content (AvgIpc) is 3.85. The fourth-order valence-electron chi connectivity index (χ4n) is 6.27. The van der Waals surface area contributed by atoms with E-state index in [2.05, 4.69) is 32.3 Å². The van der Waals surface area contributed by atoms with Crippen LogP contribution >= 0.6 is 22.7 Å². The number of esters is 1. The number of aliphatic hydroxyl groups is 4. The maximum Gasteiger partial charge on any atom is 0.357 e. The van der Waals surface area contributed by atoms with Gasteiger partial charge in [-0.2, -0.15) is 0 Å². The predicted octanol–water partition coefficient (Wildman–Crippen LogP) is 4.76. The molecule has 17 heteroatoms. The van der Waals surface area contributed by atoms with E-state index in [1.807, 2.05) is 41.0 Å². The molecule has 2 atom stereocenters. The van der Waals surface area contributed by atoms with Gasteiger partial charge in [-0.05, 0) is 75.8 Å². The summed E-state index contributed by atoms with van der Waals surface area (Å²) in [5, 5.41) is 51.6. The minimum Gasteiger partial charge on any atom is -0.491 e. The Kier molecular flexibility index (Phi) is 14.7. The maximum absolute atomic E-state index is 15.0. The number of benzene rings is 2. The van der Waals surface area contributed by atoms with Crippen molar-refractivity contribution < 1.29 is 39.1 Å². The number of para-hydroxylation sites is 1. The van der Waals surface area contributed by atoms with Crippen molar-refractivity contribution in [2.45, 2.75) is 57.7 Å². The van der Waals surface area contributed by atoms with Gasteiger partial charge < -0.3 is 40.1 Å². The number of rotatable bonds is 18. The Hall–Kier alpha value is -4.80. The summed E-state index contributed by atoms with van der Waals surface area (Å²) in [5.74, 6) is 6.24. The summed E-state index contributed by atoms with van der Waals surface area (Å²) in [6, 6.07) is 12.4. The lowest BCUT2D eigenvalue weighted by Crippen LogP contribution is -2.32. The van der Waals surface area contributed by atoms with Crippen LogP contribution in [0.25, 0.3) is 10.2 Å². The van der Waals surface area contributed by atoms with Gasteiger partial charge in [0, 0.05) is 41.2 Å². The van der Waals surface area contributed by atoms with E-state index >= 15 is 4.39 Å². The van der Waals surface area contributed by atoms with E-state index in [-0.39, 0.29) is 37.8 Å². The molecule has 5 aromatic rings. The van der Waals surface area contributed by atoms with E-state index in [1.54, 1.807) is 17.4 Å². The van der Waals surface area contributed by atoms with Crippen LogP contribution in [-0.2, 0) is 17.6 Å². The first-order chi connectivity index (χ1) is 27.7. The molecule has 6 rings (SSSR count). The van der Waals surface area contributed by atoms with Crippen molar-refractivity contribution >= 4 is 60.8 Å². The molecule has 0 bridgehead atoms. The molecule has 1 aliphatic heterocycles. The zero-order valence-electron chi connectivity index (χ0n) is 31.8. The van der Waals surface area contributed by atoms with E-state index < -0.39 is 24.0 Å². The van der Waals surface area contributed by atoms with Crippen LogP contribution in [0.1, 0.15) is 57.7 Å². The molecule has 0 radical (unpaired) electrons. The van der Waals surface area contributed by atoms with Gasteiger partial charge in [-0.3, -0.25) is 4.90 Å². The number of aromatic nitrogens is 4. The van der Waals surface area contributed by atoms with Gasteiger partial charge in [0.1, 0.15) is 0 Å². The fraction of sp³-hybridized carbons (Fsp3) is 0.425. The van der Waals surface area contributed by atoms with Gasteiger partial charge in [0.15, 0.2) is 39.2 Å². The van der Waals surface area contributed by atoms with E-state index in [9.17, 15) is 15.0 Å². The van der Waals surface area contributed by atoms with Crippen molar-refractivity contribution in [1.29, 1.82) is 0 Å². The number of ether oxygens (including phenoxy) is 2. The molecule has 14 nitrogen and oxygen atoms in total. The molecule has 0 unspecified atom stereocenters. The number of hydrogen-bond donors (Lipinski definition) is 5. The Morgan fingerprint density at radius 2 is 1.84 bits per heavy atom. The number of halogens is 1. The predicted molar refractivity (Wildman–Crippen MR) is 217 cm³/mol. The molecule has 57 heavy (non-hydrogen) atoms. The summed E-state index contributed by atoms with van der Waals surface area (Å²) in [6.45, 7) is 3.28. The highest BCUT2D eigenvalue weighted by Gasteiger charge is 2.29. The van der Waals surface area contributed by atoms with Crippen molar-refractivity contribution in [2.75, 3.05) is 63.3 Å². The summed E-state index contributed by atoms with van der Waals surface area (Å²) >= 11 is 2.94. The first-order valence-electron chi connectivity index (χ1n) is 18.7. The van der Waals surface area contributed by atoms with Gasteiger partial charge in [0.2, 0.25) is 0 Å². The third-order valence-corrected chi connectivity index (χ3v) is 11.5. The van der Waals surface area contributed by atoms with Crippen LogP contribution in [0.5, 0.6) is 5.75 Å². The molecule has 5 N–H and O–H groups in total. The van der Waals surface area contributed by atoms with E-state index in [0.717, 1.165) is 44.2 Å². The standard InChI is InChI=1S/C40H46FN7O7S2/c1-25-29-9-6-18-48(37(29)46-45-36(25)44-39-42-31-10-3-4-11-33(31)56-39)40-43-35(38(53)54-2)34(57-40)12-7-21-55-32-14-13-26(22-30(32)41)8-5-17-47(19-15-27(51)23-49)20-16-28(52)24-50/h3-4,10-11,13-14,22,27-28,49-52H,6-7,9,12,15-21,23-24H2,1-2H3,(H,42,44,45)/t27-,28-/m0/s1. The van der Waals surface area contributed by atoms with Gasteiger partial charge in [-0.25, -0.2) is 19.2 Å². The van der Waals surface area contributed by atoms with Gasteiger partial charge in [0.25, 0.3) is 0 Å². The van der Waals surface area contributed by atoms with Crippen LogP contribution in [0.3, 0.4) is 0 Å². The molecule has 302 valence electrons. The monoisotopic (exact) mass is 819 g/mol. The van der Waals surface area contributed by atoms with Crippen molar-refractivity contribution in [3.63, 3.8) is 0 Å². The number of carbonyl (C=O) groups is 1. The molecule has 0 spiro atoms. The Labute approximate surface area is 338 Å². The average molecular weight is 820 g/mol. The molecule has 0 fully saturated rings. The highest BCUT2D eigenvalue weighted by atomic mass is 32.1. The van der Waals surface area contributed by atoms with Crippen molar-refractivity contribution in [1.82, 2.24) is 25.1 Å². The number of aryl methyl sites for hydroxylation is 1. The van der Waals surface area contributed by atoms with Crippen LogP contribution in [0.2, 0.25) is 0 Å². The highest BCUT2D eigenvalue weighted by Crippen LogP contribution is 2.39. The van der Waals surface area contributed by atoms with Crippen molar-refractivity contribution in [3.8, 4) is 17.6 Å². The largest absolute Gasteiger partial charge is 0.491 e. The summed E-state index contributed by atoms with van der Waals surface area (Å²) in [7, 11) is 1.32. The summed E-state index contributed by atoms with van der Waals surface area (Å²) in [4.78, 5) is 26.8. The second kappa shape index (κ2) is 20.1. The van der Waals surface area contributed by atoms with Gasteiger partial charge in [0.05, 0.1) is 55.9 Å². The van der Waals surface area contributed by atoms with Crippen LogP contribution in [0.15, 0.2) is 42.5 Å². The fourth-order valence-corrected chi connectivity index (χ4v) is 8.25. The van der Waals surface area contributed by atoms with Gasteiger partial charge >= 0.3 is 5.97 Å². The first kappa shape index (κ1) is 41.8. The molecular formula is C40H46FN7O7S2. The maximum atomic E-state index is 15.0. The summed E-state index contributed by atoms with van der Waals surface area (Å²) in [5.41, 5.74) is 3.62. The smallest absolute Gasteiger partial charge is 0.357 e. The number of aliphatic hydroxyl groups excluding tert-OH is 4. The Balaban J connectivity index is 1.07. The third-order valence-electron chi connectivity index (χ3n) is 9.45. The first-order valence-corrected chi connectivity index (χ1v) is 20.4. The third kappa shape index (κ3) is 10.8. The molecule has 2 aromatic carbocycles. The topological polar surface area (TPSA) is 187 Å². The van der Waals surface area contributed by atoms with Gasteiger partial charge in [-0.15, -0.1) is 21.5 Å². The second-order valence-electron chi connectivity index (χ2n) is 13.5. The highest BCUT2D eigenvalue weighted by molar-refractivity contribution is 7.22. The lowest BCUT2D eigenvalue weighted by molar-refractivity contribution is 0.0593. The number of hydrogen-bond acceptors (Lipinski definition) is 16. The zero-order valence-corrected chi connectivity index (χ0v) is 33.4. The molecule has 4 heterocycles. The number of nitrogens with zero attached hydrogens (tertiary/aromatic N) is 6. The van der Waals surface area contributed by atoms with Crippen LogP contribution in [0.4, 0.5) is 26.3 Å². The molecule has 0 saturated heterocycles. The number of nitrogens with one attached hydrogen (secondary N) is 1. The minimum atomic E-state index is -0.869. The summed E-state index contributed by atoms with van der Waals surface area (Å²) in [6.07, 6.45) is 1.50. The Morgan fingerprint density at radius 1 is 1.07 bits per heavy atom. The second-order valence-corrected chi connectivity index (χ2v) is 15.6. The summed E-state index contributed by atoms with van der Waals surface area (Å²) < 4.78 is 27.0. The molecule has 0 saturated carbocycles. The van der Waals surface area contributed by atoms with Crippen molar-refractivity contribution in [2.24, 2.45) is 0 Å². The number of methoxy groups -OCH3 is 1. The van der Waals surface area contributed by atoms with E-state index in [1.165, 1.54) is 30.6 Å². The van der Waals surface area contributed by atoms with Crippen LogP contribution in [0, 0.1) is 24.6 Å². The Bertz CT molecular complexity index is 2160. The molecule has 0 amide bonds. The molecule has 1 aliphatic rings. The van der Waals surface area contributed by atoms with Gasteiger partial charge in [-0.1, -0.05) is 35.3 Å².